The Kier molecular flexibility index (Phi) is 2.34. The summed E-state index contributed by atoms with van der Waals surface area (Å²) < 4.78 is 6.41. The second-order valence-corrected chi connectivity index (χ2v) is 4.13. The number of nitrogens with one attached hydrogen (secondary N) is 2. The minimum Gasteiger partial charge on any atom is -0.408 e. The molecule has 3 aromatic rings. The summed E-state index contributed by atoms with van der Waals surface area (Å²) in [7, 11) is 0. The third-order valence-electron chi connectivity index (χ3n) is 2.49. The highest BCUT2D eigenvalue weighted by Crippen LogP contribution is 2.18. The van der Waals surface area contributed by atoms with Gasteiger partial charge in [-0.1, -0.05) is 11.6 Å². The van der Waals surface area contributed by atoms with Crippen molar-refractivity contribution in [1.82, 2.24) is 19.7 Å². The maximum Gasteiger partial charge on any atom is 0.420 e. The Hall–Kier alpha value is -2.28. The molecule has 3 rings (SSSR count). The second kappa shape index (κ2) is 3.88. The van der Waals surface area contributed by atoms with Crippen molar-refractivity contribution in [3.63, 3.8) is 0 Å². The molecule has 0 aliphatic rings. The van der Waals surface area contributed by atoms with Crippen molar-refractivity contribution in [2.75, 3.05) is 0 Å². The van der Waals surface area contributed by atoms with Gasteiger partial charge in [0.05, 0.1) is 12.1 Å². The van der Waals surface area contributed by atoms with Gasteiger partial charge in [0.25, 0.3) is 0 Å². The SMILES string of the molecule is O=c1[nH]nc(Cn2c(=O)oc3cc(Cl)ccc32)[nH]1. The number of hydrogen-bond donors (Lipinski definition) is 2. The molecule has 0 bridgehead atoms. The number of rotatable bonds is 2. The first-order valence-corrected chi connectivity index (χ1v) is 5.44. The Morgan fingerprint density at radius 2 is 2.22 bits per heavy atom. The molecule has 2 heterocycles. The molecule has 0 saturated carbocycles. The van der Waals surface area contributed by atoms with Gasteiger partial charge in [0.15, 0.2) is 11.4 Å². The fourth-order valence-electron chi connectivity index (χ4n) is 1.72. The number of nitrogens with zero attached hydrogens (tertiary/aromatic N) is 2. The zero-order valence-corrected chi connectivity index (χ0v) is 9.69. The highest BCUT2D eigenvalue weighted by atomic mass is 35.5. The van der Waals surface area contributed by atoms with Gasteiger partial charge >= 0.3 is 11.4 Å². The Balaban J connectivity index is 2.14. The van der Waals surface area contributed by atoms with Gasteiger partial charge in [-0.15, -0.1) is 0 Å². The predicted molar refractivity (Wildman–Crippen MR) is 63.8 cm³/mol. The lowest BCUT2D eigenvalue weighted by atomic mass is 10.3. The molecule has 0 unspecified atom stereocenters. The van der Waals surface area contributed by atoms with Crippen LogP contribution in [0.25, 0.3) is 11.1 Å². The molecule has 1 aromatic carbocycles. The summed E-state index contributed by atoms with van der Waals surface area (Å²) >= 11 is 5.81. The summed E-state index contributed by atoms with van der Waals surface area (Å²) in [6.07, 6.45) is 0. The number of halogens is 1. The van der Waals surface area contributed by atoms with Crippen LogP contribution in [0.4, 0.5) is 0 Å². The van der Waals surface area contributed by atoms with Crippen LogP contribution in [-0.2, 0) is 6.54 Å². The first kappa shape index (κ1) is 10.8. The van der Waals surface area contributed by atoms with Gasteiger partial charge in [-0.3, -0.25) is 9.55 Å². The fourth-order valence-corrected chi connectivity index (χ4v) is 1.88. The number of fused-ring (bicyclic) bond motifs is 1. The number of oxazole rings is 1. The van der Waals surface area contributed by atoms with Crippen LogP contribution in [0.5, 0.6) is 0 Å². The largest absolute Gasteiger partial charge is 0.420 e. The van der Waals surface area contributed by atoms with E-state index < -0.39 is 11.4 Å². The minimum absolute atomic E-state index is 0.117. The van der Waals surface area contributed by atoms with Crippen LogP contribution in [0.3, 0.4) is 0 Å². The Bertz CT molecular complexity index is 825. The smallest absolute Gasteiger partial charge is 0.408 e. The van der Waals surface area contributed by atoms with E-state index in [-0.39, 0.29) is 6.54 Å². The molecule has 92 valence electrons. The third-order valence-corrected chi connectivity index (χ3v) is 2.72. The minimum atomic E-state index is -0.531. The average molecular weight is 267 g/mol. The molecule has 0 spiro atoms. The summed E-state index contributed by atoms with van der Waals surface area (Å²) in [6.45, 7) is 0.117. The lowest BCUT2D eigenvalue weighted by Gasteiger charge is -1.97. The van der Waals surface area contributed by atoms with E-state index in [0.29, 0.717) is 21.9 Å². The summed E-state index contributed by atoms with van der Waals surface area (Å²) in [5.41, 5.74) is 0.563. The highest BCUT2D eigenvalue weighted by molar-refractivity contribution is 6.31. The first-order valence-electron chi connectivity index (χ1n) is 5.06. The van der Waals surface area contributed by atoms with Crippen LogP contribution in [-0.4, -0.2) is 19.7 Å². The van der Waals surface area contributed by atoms with Crippen LogP contribution < -0.4 is 11.4 Å². The lowest BCUT2D eigenvalue weighted by molar-refractivity contribution is 0.514. The van der Waals surface area contributed by atoms with Crippen molar-refractivity contribution >= 4 is 22.7 Å². The zero-order chi connectivity index (χ0) is 12.7. The van der Waals surface area contributed by atoms with Gasteiger partial charge in [0.2, 0.25) is 0 Å². The van der Waals surface area contributed by atoms with E-state index in [2.05, 4.69) is 15.2 Å². The normalized spacial score (nSPS) is 11.2. The van der Waals surface area contributed by atoms with Crippen LogP contribution in [0.1, 0.15) is 5.82 Å². The van der Waals surface area contributed by atoms with Crippen molar-refractivity contribution < 1.29 is 4.42 Å². The van der Waals surface area contributed by atoms with E-state index in [9.17, 15) is 9.59 Å². The topological polar surface area (TPSA) is 96.7 Å². The molecule has 0 radical (unpaired) electrons. The molecule has 0 saturated heterocycles. The molecule has 18 heavy (non-hydrogen) atoms. The van der Waals surface area contributed by atoms with Crippen molar-refractivity contribution in [2.24, 2.45) is 0 Å². The van der Waals surface area contributed by atoms with Gasteiger partial charge < -0.3 is 4.42 Å². The second-order valence-electron chi connectivity index (χ2n) is 3.69. The fraction of sp³-hybridized carbons (Fsp3) is 0.100. The van der Waals surface area contributed by atoms with Crippen molar-refractivity contribution in [2.45, 2.75) is 6.54 Å². The molecule has 0 aliphatic carbocycles. The van der Waals surface area contributed by atoms with Gasteiger partial charge in [-0.05, 0) is 12.1 Å². The van der Waals surface area contributed by atoms with Crippen LogP contribution in [0.2, 0.25) is 5.02 Å². The van der Waals surface area contributed by atoms with Crippen molar-refractivity contribution in [3.8, 4) is 0 Å². The average Bonchev–Trinajstić information content (AvgIpc) is 2.84. The van der Waals surface area contributed by atoms with Gasteiger partial charge in [0.1, 0.15) is 0 Å². The Morgan fingerprint density at radius 3 is 2.94 bits per heavy atom. The molecule has 0 atom stereocenters. The molecular formula is C10H7ClN4O3. The lowest BCUT2D eigenvalue weighted by Crippen LogP contribution is -2.16. The summed E-state index contributed by atoms with van der Waals surface area (Å²) in [5, 5.41) is 6.45. The van der Waals surface area contributed by atoms with Crippen LogP contribution in [0, 0.1) is 0 Å². The third kappa shape index (κ3) is 1.74. The van der Waals surface area contributed by atoms with E-state index >= 15 is 0 Å². The van der Waals surface area contributed by atoms with E-state index in [1.807, 2.05) is 0 Å². The monoisotopic (exact) mass is 266 g/mol. The van der Waals surface area contributed by atoms with Gasteiger partial charge in [-0.25, -0.2) is 14.7 Å². The zero-order valence-electron chi connectivity index (χ0n) is 8.94. The molecule has 2 N–H and O–H groups in total. The van der Waals surface area contributed by atoms with Crippen molar-refractivity contribution in [3.05, 3.63) is 50.1 Å². The Morgan fingerprint density at radius 1 is 1.39 bits per heavy atom. The summed E-state index contributed by atoms with van der Waals surface area (Å²) in [6, 6.07) is 4.89. The molecule has 2 aromatic heterocycles. The molecule has 8 heteroatoms. The summed E-state index contributed by atoms with van der Waals surface area (Å²) in [5.74, 6) is -0.184. The van der Waals surface area contributed by atoms with E-state index in [4.69, 9.17) is 16.0 Å². The van der Waals surface area contributed by atoms with E-state index in [0.717, 1.165) is 0 Å². The first-order chi connectivity index (χ1) is 8.63. The number of benzene rings is 1. The molecule has 0 amide bonds. The van der Waals surface area contributed by atoms with Crippen molar-refractivity contribution in [1.29, 1.82) is 0 Å². The van der Waals surface area contributed by atoms with Crippen LogP contribution >= 0.6 is 11.6 Å². The number of aromatic amines is 2. The highest BCUT2D eigenvalue weighted by Gasteiger charge is 2.11. The number of H-pyrrole nitrogens is 2. The van der Waals surface area contributed by atoms with Gasteiger partial charge in [-0.2, -0.15) is 5.10 Å². The molecular weight excluding hydrogens is 260 g/mol. The predicted octanol–water partition coefficient (Wildman–Crippen LogP) is 0.708. The maximum atomic E-state index is 11.7. The standard InChI is InChI=1S/C10H7ClN4O3/c11-5-1-2-6-7(3-5)18-10(17)15(6)4-8-12-9(16)14-13-8/h1-3H,4H2,(H2,12,13,14,16). The molecule has 0 fully saturated rings. The maximum absolute atomic E-state index is 11.7. The number of aromatic nitrogens is 4. The number of hydrogen-bond acceptors (Lipinski definition) is 4. The van der Waals surface area contributed by atoms with E-state index in [1.54, 1.807) is 18.2 Å². The molecule has 7 nitrogen and oxygen atoms in total. The summed E-state index contributed by atoms with van der Waals surface area (Å²) in [4.78, 5) is 25.1. The van der Waals surface area contributed by atoms with Crippen LogP contribution in [0.15, 0.2) is 32.2 Å². The quantitative estimate of drug-likeness (QED) is 0.714. The molecule has 0 aliphatic heterocycles. The Labute approximate surface area is 104 Å². The van der Waals surface area contributed by atoms with Gasteiger partial charge in [0, 0.05) is 11.1 Å². The van der Waals surface area contributed by atoms with E-state index in [1.165, 1.54) is 4.57 Å².